The molecule has 116 valence electrons. The molecule has 0 aliphatic carbocycles. The Balaban J connectivity index is 1.70. The zero-order valence-corrected chi connectivity index (χ0v) is 12.2. The molecule has 0 bridgehead atoms. The lowest BCUT2D eigenvalue weighted by atomic mass is 10.2. The quantitative estimate of drug-likeness (QED) is 0.560. The molecule has 0 saturated heterocycles. The molecule has 0 aliphatic rings. The van der Waals surface area contributed by atoms with Crippen molar-refractivity contribution in [3.05, 3.63) is 76.1 Å². The first-order valence-corrected chi connectivity index (χ1v) is 7.08. The Morgan fingerprint density at radius 1 is 1.22 bits per heavy atom. The van der Waals surface area contributed by atoms with Gasteiger partial charge in [0.25, 0.3) is 11.3 Å². The van der Waals surface area contributed by atoms with E-state index < -0.39 is 5.91 Å². The van der Waals surface area contributed by atoms with Crippen molar-refractivity contribution in [1.29, 1.82) is 0 Å². The monoisotopic (exact) mass is 310 g/mol. The number of aromatic nitrogens is 3. The average Bonchev–Trinajstić information content (AvgIpc) is 2.57. The summed E-state index contributed by atoms with van der Waals surface area (Å²) in [6, 6.07) is 11.8. The van der Waals surface area contributed by atoms with Crippen molar-refractivity contribution < 1.29 is 9.52 Å². The minimum Gasteiger partial charge on any atom is -0.618 e. The molecule has 0 aliphatic heterocycles. The number of fused-ring (bicyclic) bond motifs is 1. The fraction of sp³-hybridized carbons (Fsp3) is 0.125. The van der Waals surface area contributed by atoms with Crippen LogP contribution in [0, 0.1) is 5.21 Å². The standard InChI is InChI=1S/C16H14N4O3/c21-15(14-7-3-4-9-20(14)23)17-8-10-19-16(22)13-6-2-1-5-12(13)11-18-19/h1-7,9,11H,8,10H2,(H,17,21). The van der Waals surface area contributed by atoms with Crippen LogP contribution in [0.25, 0.3) is 10.8 Å². The topological polar surface area (TPSA) is 90.9 Å². The van der Waals surface area contributed by atoms with E-state index in [1.807, 2.05) is 12.1 Å². The van der Waals surface area contributed by atoms with E-state index in [9.17, 15) is 14.8 Å². The molecule has 0 unspecified atom stereocenters. The SMILES string of the molecule is O=C(NCCn1ncc2ccccc2c1=O)c1cccc[n+]1[O-]. The Bertz CT molecular complexity index is 920. The van der Waals surface area contributed by atoms with Crippen LogP contribution < -0.4 is 15.6 Å². The van der Waals surface area contributed by atoms with Crippen LogP contribution in [0.5, 0.6) is 0 Å². The number of amides is 1. The molecule has 7 heteroatoms. The van der Waals surface area contributed by atoms with Gasteiger partial charge in [0.1, 0.15) is 0 Å². The number of pyridine rings is 1. The number of rotatable bonds is 4. The highest BCUT2D eigenvalue weighted by Crippen LogP contribution is 2.06. The van der Waals surface area contributed by atoms with Crippen LogP contribution in [-0.2, 0) is 6.54 Å². The summed E-state index contributed by atoms with van der Waals surface area (Å²) in [7, 11) is 0. The molecule has 0 saturated carbocycles. The molecule has 1 N–H and O–H groups in total. The Kier molecular flexibility index (Phi) is 4.01. The molecule has 1 amide bonds. The Morgan fingerprint density at radius 2 is 2.00 bits per heavy atom. The van der Waals surface area contributed by atoms with Crippen LogP contribution in [0.1, 0.15) is 10.5 Å². The first kappa shape index (κ1) is 14.7. The van der Waals surface area contributed by atoms with Crippen LogP contribution in [0.4, 0.5) is 0 Å². The van der Waals surface area contributed by atoms with Gasteiger partial charge in [-0.2, -0.15) is 9.83 Å². The zero-order valence-electron chi connectivity index (χ0n) is 12.2. The van der Waals surface area contributed by atoms with E-state index in [2.05, 4.69) is 10.4 Å². The predicted octanol–water partition coefficient (Wildman–Crippen LogP) is 0.460. The fourth-order valence-electron chi connectivity index (χ4n) is 2.26. The van der Waals surface area contributed by atoms with Crippen molar-refractivity contribution in [1.82, 2.24) is 15.1 Å². The number of carbonyl (C=O) groups excluding carboxylic acids is 1. The van der Waals surface area contributed by atoms with E-state index in [1.165, 1.54) is 16.9 Å². The van der Waals surface area contributed by atoms with Crippen LogP contribution in [0.3, 0.4) is 0 Å². The van der Waals surface area contributed by atoms with Gasteiger partial charge < -0.3 is 10.5 Å². The Labute approximate surface area is 131 Å². The van der Waals surface area contributed by atoms with Gasteiger partial charge >= 0.3 is 5.91 Å². The third kappa shape index (κ3) is 3.03. The second kappa shape index (κ2) is 6.27. The van der Waals surface area contributed by atoms with Gasteiger partial charge in [0.05, 0.1) is 18.1 Å². The number of hydrogen-bond donors (Lipinski definition) is 1. The average molecular weight is 310 g/mol. The van der Waals surface area contributed by atoms with E-state index in [-0.39, 0.29) is 24.3 Å². The molecular weight excluding hydrogens is 296 g/mol. The van der Waals surface area contributed by atoms with Gasteiger partial charge in [-0.05, 0) is 12.1 Å². The highest BCUT2D eigenvalue weighted by Gasteiger charge is 2.14. The van der Waals surface area contributed by atoms with Crippen molar-refractivity contribution >= 4 is 16.7 Å². The third-order valence-electron chi connectivity index (χ3n) is 3.43. The van der Waals surface area contributed by atoms with E-state index in [0.717, 1.165) is 5.39 Å². The molecule has 3 aromatic rings. The van der Waals surface area contributed by atoms with Crippen molar-refractivity contribution in [2.45, 2.75) is 6.54 Å². The van der Waals surface area contributed by atoms with Crippen LogP contribution in [0.15, 0.2) is 59.7 Å². The minimum absolute atomic E-state index is 0.00585. The number of hydrogen-bond acceptors (Lipinski definition) is 4. The van der Waals surface area contributed by atoms with Crippen LogP contribution in [-0.4, -0.2) is 22.2 Å². The van der Waals surface area contributed by atoms with E-state index in [4.69, 9.17) is 0 Å². The van der Waals surface area contributed by atoms with Gasteiger partial charge in [-0.1, -0.05) is 18.2 Å². The molecule has 23 heavy (non-hydrogen) atoms. The fourth-order valence-corrected chi connectivity index (χ4v) is 2.26. The number of nitrogens with zero attached hydrogens (tertiary/aromatic N) is 3. The number of carbonyl (C=O) groups is 1. The molecule has 2 aromatic heterocycles. The highest BCUT2D eigenvalue weighted by molar-refractivity contribution is 5.90. The summed E-state index contributed by atoms with van der Waals surface area (Å²) in [5.41, 5.74) is -0.206. The van der Waals surface area contributed by atoms with Gasteiger partial charge in [0, 0.05) is 24.1 Å². The molecular formula is C16H14N4O3. The van der Waals surface area contributed by atoms with Crippen molar-refractivity contribution in [3.8, 4) is 0 Å². The summed E-state index contributed by atoms with van der Waals surface area (Å²) < 4.78 is 1.79. The van der Waals surface area contributed by atoms with E-state index in [0.29, 0.717) is 10.1 Å². The Hall–Kier alpha value is -3.22. The van der Waals surface area contributed by atoms with Crippen LogP contribution >= 0.6 is 0 Å². The zero-order chi connectivity index (χ0) is 16.2. The first-order chi connectivity index (χ1) is 11.2. The summed E-state index contributed by atoms with van der Waals surface area (Å²) in [4.78, 5) is 24.2. The van der Waals surface area contributed by atoms with Gasteiger partial charge in [-0.25, -0.2) is 4.68 Å². The lowest BCUT2D eigenvalue weighted by Gasteiger charge is -2.07. The molecule has 2 heterocycles. The minimum atomic E-state index is -0.491. The first-order valence-electron chi connectivity index (χ1n) is 7.08. The van der Waals surface area contributed by atoms with Gasteiger partial charge in [-0.15, -0.1) is 0 Å². The van der Waals surface area contributed by atoms with Crippen LogP contribution in [0.2, 0.25) is 0 Å². The molecule has 0 radical (unpaired) electrons. The van der Waals surface area contributed by atoms with E-state index in [1.54, 1.807) is 30.5 Å². The number of benzene rings is 1. The van der Waals surface area contributed by atoms with Gasteiger partial charge in [0.15, 0.2) is 6.20 Å². The molecule has 1 aromatic carbocycles. The summed E-state index contributed by atoms with van der Waals surface area (Å²) >= 11 is 0. The maximum atomic E-state index is 12.3. The largest absolute Gasteiger partial charge is 0.618 e. The lowest BCUT2D eigenvalue weighted by molar-refractivity contribution is -0.607. The van der Waals surface area contributed by atoms with Gasteiger partial charge in [-0.3, -0.25) is 9.59 Å². The van der Waals surface area contributed by atoms with Crippen molar-refractivity contribution in [3.63, 3.8) is 0 Å². The molecule has 0 spiro atoms. The normalized spacial score (nSPS) is 10.6. The predicted molar refractivity (Wildman–Crippen MR) is 83.7 cm³/mol. The lowest BCUT2D eigenvalue weighted by Crippen LogP contribution is -2.40. The summed E-state index contributed by atoms with van der Waals surface area (Å²) in [6.07, 6.45) is 2.87. The molecule has 0 fully saturated rings. The molecule has 3 rings (SSSR count). The maximum absolute atomic E-state index is 12.3. The van der Waals surface area contributed by atoms with Crippen molar-refractivity contribution in [2.24, 2.45) is 0 Å². The summed E-state index contributed by atoms with van der Waals surface area (Å²) in [5.74, 6) is -0.491. The van der Waals surface area contributed by atoms with E-state index >= 15 is 0 Å². The second-order valence-electron chi connectivity index (χ2n) is 4.93. The smallest absolute Gasteiger partial charge is 0.317 e. The second-order valence-corrected chi connectivity index (χ2v) is 4.93. The maximum Gasteiger partial charge on any atom is 0.317 e. The summed E-state index contributed by atoms with van der Waals surface area (Å²) in [6.45, 7) is 0.417. The molecule has 7 nitrogen and oxygen atoms in total. The molecule has 0 atom stereocenters. The number of nitrogens with one attached hydrogen (secondary N) is 1. The van der Waals surface area contributed by atoms with Gasteiger partial charge in [0.2, 0.25) is 0 Å². The Morgan fingerprint density at radius 3 is 2.83 bits per heavy atom. The van der Waals surface area contributed by atoms with Crippen molar-refractivity contribution in [2.75, 3.05) is 6.54 Å². The highest BCUT2D eigenvalue weighted by atomic mass is 16.5. The summed E-state index contributed by atoms with van der Waals surface area (Å²) in [5, 5.41) is 19.5. The third-order valence-corrected chi connectivity index (χ3v) is 3.43.